The summed E-state index contributed by atoms with van der Waals surface area (Å²) in [7, 11) is 0. The van der Waals surface area contributed by atoms with Crippen molar-refractivity contribution in [3.63, 3.8) is 0 Å². The van der Waals surface area contributed by atoms with Gasteiger partial charge in [-0.3, -0.25) is 4.79 Å². The molecule has 0 saturated heterocycles. The normalized spacial score (nSPS) is 8.82. The fourth-order valence-corrected chi connectivity index (χ4v) is 1.63. The number of nitrogens with zero attached hydrogens (tertiary/aromatic N) is 3. The fraction of sp³-hybridized carbons (Fsp3) is 0.250. The molecule has 0 spiro atoms. The highest BCUT2D eigenvalue weighted by atomic mass is 16.1. The third-order valence-corrected chi connectivity index (χ3v) is 2.78. The number of anilines is 2. The number of allylic oxidation sites excluding steroid dienone is 2. The van der Waals surface area contributed by atoms with E-state index in [1.165, 1.54) is 0 Å². The van der Waals surface area contributed by atoms with Crippen LogP contribution in [0, 0.1) is 34.0 Å². The fourth-order valence-electron chi connectivity index (χ4n) is 1.63. The van der Waals surface area contributed by atoms with Crippen LogP contribution in [-0.2, 0) is 4.79 Å². The lowest BCUT2D eigenvalue weighted by molar-refractivity contribution is -0.116. The number of benzene rings is 1. The van der Waals surface area contributed by atoms with E-state index < -0.39 is 0 Å². The van der Waals surface area contributed by atoms with Gasteiger partial charge in [0.1, 0.15) is 23.9 Å². The van der Waals surface area contributed by atoms with Gasteiger partial charge in [0.05, 0.1) is 0 Å². The Morgan fingerprint density at radius 2 is 1.55 bits per heavy atom. The van der Waals surface area contributed by atoms with E-state index >= 15 is 0 Å². The second-order valence-corrected chi connectivity index (χ2v) is 4.44. The highest BCUT2D eigenvalue weighted by molar-refractivity contribution is 5.90. The Kier molecular flexibility index (Phi) is 6.69. The van der Waals surface area contributed by atoms with Crippen LogP contribution in [0.2, 0.25) is 0 Å². The zero-order valence-corrected chi connectivity index (χ0v) is 12.2. The van der Waals surface area contributed by atoms with E-state index in [9.17, 15) is 4.79 Å². The average molecular weight is 293 g/mol. The molecule has 2 N–H and O–H groups in total. The van der Waals surface area contributed by atoms with Crippen LogP contribution < -0.4 is 10.6 Å². The van der Waals surface area contributed by atoms with Crippen LogP contribution in [0.25, 0.3) is 0 Å². The van der Waals surface area contributed by atoms with Gasteiger partial charge in [0.25, 0.3) is 0 Å². The molecule has 0 saturated carbocycles. The first kappa shape index (κ1) is 16.8. The van der Waals surface area contributed by atoms with E-state index in [4.69, 9.17) is 15.8 Å². The molecular formula is C16H15N5O. The SMILES string of the molecule is CCCCC(=O)Nc1ccc(NC(C#N)=C(C#N)C#N)cc1. The topological polar surface area (TPSA) is 112 Å². The van der Waals surface area contributed by atoms with Gasteiger partial charge >= 0.3 is 0 Å². The Morgan fingerprint density at radius 3 is 2.00 bits per heavy atom. The van der Waals surface area contributed by atoms with Gasteiger partial charge in [-0.05, 0) is 30.7 Å². The molecule has 6 heteroatoms. The molecule has 0 aliphatic rings. The molecular weight excluding hydrogens is 278 g/mol. The van der Waals surface area contributed by atoms with Crippen molar-refractivity contribution in [3.05, 3.63) is 35.5 Å². The van der Waals surface area contributed by atoms with Crippen LogP contribution in [0.4, 0.5) is 11.4 Å². The number of rotatable bonds is 6. The van der Waals surface area contributed by atoms with Crippen LogP contribution >= 0.6 is 0 Å². The maximum absolute atomic E-state index is 11.6. The molecule has 0 radical (unpaired) electrons. The maximum Gasteiger partial charge on any atom is 0.224 e. The Balaban J connectivity index is 2.76. The van der Waals surface area contributed by atoms with Crippen molar-refractivity contribution < 1.29 is 4.79 Å². The quantitative estimate of drug-likeness (QED) is 0.783. The lowest BCUT2D eigenvalue weighted by Gasteiger charge is -2.07. The van der Waals surface area contributed by atoms with Gasteiger partial charge in [-0.15, -0.1) is 0 Å². The van der Waals surface area contributed by atoms with E-state index in [2.05, 4.69) is 10.6 Å². The Bertz CT molecular complexity index is 667. The van der Waals surface area contributed by atoms with Crippen molar-refractivity contribution in [2.45, 2.75) is 26.2 Å². The van der Waals surface area contributed by atoms with Crippen LogP contribution in [0.5, 0.6) is 0 Å². The summed E-state index contributed by atoms with van der Waals surface area (Å²) < 4.78 is 0. The molecule has 1 rings (SSSR count). The molecule has 6 nitrogen and oxygen atoms in total. The molecule has 0 aromatic heterocycles. The molecule has 0 bridgehead atoms. The molecule has 0 aliphatic carbocycles. The number of carbonyl (C=O) groups is 1. The van der Waals surface area contributed by atoms with Gasteiger partial charge in [-0.1, -0.05) is 13.3 Å². The highest BCUT2D eigenvalue weighted by Crippen LogP contribution is 2.16. The van der Waals surface area contributed by atoms with Crippen LogP contribution in [0.1, 0.15) is 26.2 Å². The first-order chi connectivity index (χ1) is 10.6. The van der Waals surface area contributed by atoms with Gasteiger partial charge in [0.15, 0.2) is 5.57 Å². The molecule has 1 aromatic carbocycles. The summed E-state index contributed by atoms with van der Waals surface area (Å²) in [5, 5.41) is 31.9. The number of unbranched alkanes of at least 4 members (excludes halogenated alkanes) is 1. The zero-order valence-electron chi connectivity index (χ0n) is 12.2. The maximum atomic E-state index is 11.6. The van der Waals surface area contributed by atoms with Gasteiger partial charge in [0.2, 0.25) is 5.91 Å². The summed E-state index contributed by atoms with van der Waals surface area (Å²) in [5.74, 6) is -0.0450. The summed E-state index contributed by atoms with van der Waals surface area (Å²) in [6.07, 6.45) is 2.28. The van der Waals surface area contributed by atoms with Crippen LogP contribution in [0.15, 0.2) is 35.5 Å². The monoisotopic (exact) mass is 293 g/mol. The van der Waals surface area contributed by atoms with Crippen LogP contribution in [-0.4, -0.2) is 5.91 Å². The van der Waals surface area contributed by atoms with Gasteiger partial charge in [0, 0.05) is 17.8 Å². The predicted octanol–water partition coefficient (Wildman–Crippen LogP) is 3.05. The number of hydrogen-bond donors (Lipinski definition) is 2. The van der Waals surface area contributed by atoms with Gasteiger partial charge < -0.3 is 10.6 Å². The first-order valence-corrected chi connectivity index (χ1v) is 6.76. The summed E-state index contributed by atoms with van der Waals surface area (Å²) in [6.45, 7) is 2.02. The first-order valence-electron chi connectivity index (χ1n) is 6.76. The van der Waals surface area contributed by atoms with Gasteiger partial charge in [-0.25, -0.2) is 0 Å². The van der Waals surface area contributed by atoms with E-state index in [-0.39, 0.29) is 17.2 Å². The van der Waals surface area contributed by atoms with E-state index in [1.54, 1.807) is 42.5 Å². The molecule has 1 amide bonds. The standard InChI is InChI=1S/C16H15N5O/c1-2-3-4-16(22)21-14-7-5-13(6-8-14)20-15(11-19)12(9-17)10-18/h5-8,20H,2-4H2,1H3,(H,21,22). The predicted molar refractivity (Wildman–Crippen MR) is 82.1 cm³/mol. The van der Waals surface area contributed by atoms with E-state index in [1.807, 2.05) is 6.92 Å². The number of nitrogens with one attached hydrogen (secondary N) is 2. The van der Waals surface area contributed by atoms with Crippen molar-refractivity contribution in [1.82, 2.24) is 0 Å². The van der Waals surface area contributed by atoms with E-state index in [0.29, 0.717) is 17.8 Å². The lowest BCUT2D eigenvalue weighted by Crippen LogP contribution is -2.10. The molecule has 0 heterocycles. The van der Waals surface area contributed by atoms with Crippen molar-refractivity contribution in [3.8, 4) is 18.2 Å². The van der Waals surface area contributed by atoms with Crippen molar-refractivity contribution >= 4 is 17.3 Å². The minimum atomic E-state index is -0.278. The Hall–Kier alpha value is -3.30. The molecule has 110 valence electrons. The number of carbonyl (C=O) groups excluding carboxylic acids is 1. The number of hydrogen-bond acceptors (Lipinski definition) is 5. The molecule has 0 unspecified atom stereocenters. The van der Waals surface area contributed by atoms with Crippen LogP contribution in [0.3, 0.4) is 0 Å². The summed E-state index contributed by atoms with van der Waals surface area (Å²) in [6, 6.07) is 11.8. The number of nitriles is 3. The summed E-state index contributed by atoms with van der Waals surface area (Å²) in [4.78, 5) is 11.6. The summed E-state index contributed by atoms with van der Waals surface area (Å²) in [5.41, 5.74) is 0.810. The number of amides is 1. The molecule has 0 atom stereocenters. The second-order valence-electron chi connectivity index (χ2n) is 4.44. The van der Waals surface area contributed by atoms with Crippen molar-refractivity contribution in [2.24, 2.45) is 0 Å². The molecule has 1 aromatic rings. The highest BCUT2D eigenvalue weighted by Gasteiger charge is 2.06. The second kappa shape index (κ2) is 8.79. The summed E-state index contributed by atoms with van der Waals surface area (Å²) >= 11 is 0. The van der Waals surface area contributed by atoms with Crippen molar-refractivity contribution in [2.75, 3.05) is 10.6 Å². The minimum Gasteiger partial charge on any atom is -0.345 e. The lowest BCUT2D eigenvalue weighted by atomic mass is 10.2. The Morgan fingerprint density at radius 1 is 1.00 bits per heavy atom. The minimum absolute atomic E-state index is 0.0450. The smallest absolute Gasteiger partial charge is 0.224 e. The van der Waals surface area contributed by atoms with E-state index in [0.717, 1.165) is 12.8 Å². The zero-order chi connectivity index (χ0) is 16.4. The van der Waals surface area contributed by atoms with Crippen molar-refractivity contribution in [1.29, 1.82) is 15.8 Å². The third-order valence-electron chi connectivity index (χ3n) is 2.78. The average Bonchev–Trinajstić information content (AvgIpc) is 2.54. The van der Waals surface area contributed by atoms with Gasteiger partial charge in [-0.2, -0.15) is 15.8 Å². The molecule has 0 aliphatic heterocycles. The molecule has 0 fully saturated rings. The third kappa shape index (κ3) is 5.00. The Labute approximate surface area is 129 Å². The largest absolute Gasteiger partial charge is 0.345 e. The molecule has 22 heavy (non-hydrogen) atoms.